The number of aliphatic carboxylic acids is 1. The van der Waals surface area contributed by atoms with Gasteiger partial charge in [-0.1, -0.05) is 13.8 Å². The van der Waals surface area contributed by atoms with Crippen LogP contribution in [0.5, 0.6) is 0 Å². The Hall–Kier alpha value is -1.59. The van der Waals surface area contributed by atoms with E-state index in [1.165, 1.54) is 6.92 Å². The number of hydrogen-bond donors (Lipinski definition) is 1. The fraction of sp³-hybridized carbons (Fsp3) is 0.769. The normalized spacial score (nSPS) is 29.0. The minimum Gasteiger partial charge on any atom is -0.481 e. The molecule has 6 heteroatoms. The van der Waals surface area contributed by atoms with E-state index in [9.17, 15) is 14.4 Å². The van der Waals surface area contributed by atoms with Gasteiger partial charge in [0.15, 0.2) is 0 Å². The van der Waals surface area contributed by atoms with Crippen molar-refractivity contribution in [3.63, 3.8) is 0 Å². The molecular formula is C13H20N2O4. The molecule has 0 aromatic rings. The van der Waals surface area contributed by atoms with Crippen LogP contribution in [0.2, 0.25) is 0 Å². The highest BCUT2D eigenvalue weighted by Crippen LogP contribution is 2.59. The highest BCUT2D eigenvalue weighted by atomic mass is 16.4. The maximum absolute atomic E-state index is 12.3. The Balaban J connectivity index is 1.96. The van der Waals surface area contributed by atoms with Gasteiger partial charge < -0.3 is 14.9 Å². The molecule has 2 aliphatic rings. The molecule has 2 atom stereocenters. The largest absolute Gasteiger partial charge is 0.481 e. The maximum atomic E-state index is 12.3. The average molecular weight is 268 g/mol. The molecule has 1 aliphatic heterocycles. The molecule has 1 saturated carbocycles. The molecular weight excluding hydrogens is 248 g/mol. The first kappa shape index (κ1) is 13.8. The summed E-state index contributed by atoms with van der Waals surface area (Å²) in [4.78, 5) is 38.0. The first-order chi connectivity index (χ1) is 8.76. The monoisotopic (exact) mass is 268 g/mol. The molecule has 0 spiro atoms. The van der Waals surface area contributed by atoms with Crippen molar-refractivity contribution in [1.29, 1.82) is 0 Å². The summed E-state index contributed by atoms with van der Waals surface area (Å²) in [5.74, 6) is -1.96. The molecule has 106 valence electrons. The number of carboxylic acid groups (broad SMARTS) is 1. The molecule has 6 nitrogen and oxygen atoms in total. The molecule has 1 heterocycles. The van der Waals surface area contributed by atoms with Crippen LogP contribution >= 0.6 is 0 Å². The summed E-state index contributed by atoms with van der Waals surface area (Å²) in [6.07, 6.45) is 0. The van der Waals surface area contributed by atoms with E-state index in [2.05, 4.69) is 0 Å². The van der Waals surface area contributed by atoms with Gasteiger partial charge in [-0.2, -0.15) is 0 Å². The van der Waals surface area contributed by atoms with E-state index in [1.807, 2.05) is 13.8 Å². The molecule has 0 aromatic heterocycles. The van der Waals surface area contributed by atoms with Gasteiger partial charge in [-0.05, 0) is 5.41 Å². The van der Waals surface area contributed by atoms with Crippen molar-refractivity contribution >= 4 is 17.8 Å². The summed E-state index contributed by atoms with van der Waals surface area (Å²) in [7, 11) is 0. The van der Waals surface area contributed by atoms with Gasteiger partial charge in [-0.3, -0.25) is 14.4 Å². The van der Waals surface area contributed by atoms with E-state index in [-0.39, 0.29) is 11.8 Å². The molecule has 2 rings (SSSR count). The third-order valence-corrected chi connectivity index (χ3v) is 4.40. The van der Waals surface area contributed by atoms with Crippen molar-refractivity contribution in [3.8, 4) is 0 Å². The number of nitrogens with zero attached hydrogens (tertiary/aromatic N) is 2. The van der Waals surface area contributed by atoms with Gasteiger partial charge in [0.25, 0.3) is 0 Å². The van der Waals surface area contributed by atoms with Crippen molar-refractivity contribution in [2.75, 3.05) is 26.2 Å². The van der Waals surface area contributed by atoms with E-state index in [1.54, 1.807) is 9.80 Å². The van der Waals surface area contributed by atoms with Gasteiger partial charge in [-0.25, -0.2) is 0 Å². The second-order valence-electron chi connectivity index (χ2n) is 5.95. The molecule has 0 bridgehead atoms. The zero-order chi connectivity index (χ0) is 14.4. The third kappa shape index (κ3) is 2.31. The van der Waals surface area contributed by atoms with Gasteiger partial charge in [-0.15, -0.1) is 0 Å². The van der Waals surface area contributed by atoms with Crippen LogP contribution in [0.3, 0.4) is 0 Å². The first-order valence-electron chi connectivity index (χ1n) is 6.54. The van der Waals surface area contributed by atoms with Crippen molar-refractivity contribution in [2.24, 2.45) is 17.3 Å². The minimum absolute atomic E-state index is 0.0160. The van der Waals surface area contributed by atoms with Crippen LogP contribution in [-0.4, -0.2) is 58.9 Å². The highest BCUT2D eigenvalue weighted by Gasteiger charge is 2.66. The maximum Gasteiger partial charge on any atom is 0.307 e. The highest BCUT2D eigenvalue weighted by molar-refractivity contribution is 5.91. The van der Waals surface area contributed by atoms with Crippen LogP contribution < -0.4 is 0 Å². The van der Waals surface area contributed by atoms with Crippen LogP contribution in [0, 0.1) is 17.3 Å². The smallest absolute Gasteiger partial charge is 0.307 e. The number of carbonyl (C=O) groups is 3. The molecule has 19 heavy (non-hydrogen) atoms. The molecule has 1 saturated heterocycles. The Kier molecular flexibility index (Phi) is 3.28. The summed E-state index contributed by atoms with van der Waals surface area (Å²) in [6, 6.07) is 0. The van der Waals surface area contributed by atoms with E-state index >= 15 is 0 Å². The molecule has 1 N–H and O–H groups in total. The summed E-state index contributed by atoms with van der Waals surface area (Å²) in [6.45, 7) is 7.22. The standard InChI is InChI=1S/C13H20N2O4/c1-8(16)14-4-6-15(7-5-14)11(17)9-10(12(18)19)13(9,2)3/h9-10H,4-7H2,1-3H3,(H,18,19)/t9-,10-/m1/s1. The number of piperazine rings is 1. The van der Waals surface area contributed by atoms with Crippen molar-refractivity contribution in [2.45, 2.75) is 20.8 Å². The summed E-state index contributed by atoms with van der Waals surface area (Å²) in [5, 5.41) is 9.10. The number of amides is 2. The predicted octanol–water partition coefficient (Wildman–Crippen LogP) is 0.0339. The molecule has 1 aliphatic carbocycles. The first-order valence-corrected chi connectivity index (χ1v) is 6.54. The Morgan fingerprint density at radius 3 is 1.84 bits per heavy atom. The Morgan fingerprint density at radius 1 is 1.00 bits per heavy atom. The average Bonchev–Trinajstić information content (AvgIpc) is 2.91. The fourth-order valence-electron chi connectivity index (χ4n) is 3.00. The lowest BCUT2D eigenvalue weighted by Gasteiger charge is -2.34. The quantitative estimate of drug-likeness (QED) is 0.766. The zero-order valence-corrected chi connectivity index (χ0v) is 11.5. The van der Waals surface area contributed by atoms with Gasteiger partial charge in [0.2, 0.25) is 11.8 Å². The molecule has 2 amide bonds. The van der Waals surface area contributed by atoms with Crippen LogP contribution in [0.4, 0.5) is 0 Å². The molecule has 2 fully saturated rings. The zero-order valence-electron chi connectivity index (χ0n) is 11.5. The van der Waals surface area contributed by atoms with E-state index < -0.39 is 23.2 Å². The fourth-order valence-corrected chi connectivity index (χ4v) is 3.00. The number of carboxylic acids is 1. The van der Waals surface area contributed by atoms with Crippen LogP contribution in [0.1, 0.15) is 20.8 Å². The van der Waals surface area contributed by atoms with Gasteiger partial charge in [0, 0.05) is 33.1 Å². The second kappa shape index (κ2) is 4.51. The molecule has 0 unspecified atom stereocenters. The van der Waals surface area contributed by atoms with E-state index in [0.29, 0.717) is 26.2 Å². The second-order valence-corrected chi connectivity index (χ2v) is 5.95. The van der Waals surface area contributed by atoms with Gasteiger partial charge in [0.1, 0.15) is 0 Å². The Morgan fingerprint density at radius 2 is 1.47 bits per heavy atom. The third-order valence-electron chi connectivity index (χ3n) is 4.40. The van der Waals surface area contributed by atoms with Crippen LogP contribution in [0.25, 0.3) is 0 Å². The molecule has 0 radical (unpaired) electrons. The van der Waals surface area contributed by atoms with Gasteiger partial charge in [0.05, 0.1) is 11.8 Å². The lowest BCUT2D eigenvalue weighted by Crippen LogP contribution is -2.50. The lowest BCUT2D eigenvalue weighted by molar-refractivity contribution is -0.143. The van der Waals surface area contributed by atoms with Crippen LogP contribution in [0.15, 0.2) is 0 Å². The Bertz CT molecular complexity index is 424. The topological polar surface area (TPSA) is 77.9 Å². The Labute approximate surface area is 112 Å². The number of carbonyl (C=O) groups excluding carboxylic acids is 2. The number of rotatable bonds is 2. The van der Waals surface area contributed by atoms with Crippen molar-refractivity contribution < 1.29 is 19.5 Å². The van der Waals surface area contributed by atoms with E-state index in [4.69, 9.17) is 5.11 Å². The van der Waals surface area contributed by atoms with Gasteiger partial charge >= 0.3 is 5.97 Å². The summed E-state index contributed by atoms with van der Waals surface area (Å²) >= 11 is 0. The van der Waals surface area contributed by atoms with Crippen LogP contribution in [-0.2, 0) is 14.4 Å². The van der Waals surface area contributed by atoms with Crippen molar-refractivity contribution in [1.82, 2.24) is 9.80 Å². The number of hydrogen-bond acceptors (Lipinski definition) is 3. The lowest BCUT2D eigenvalue weighted by atomic mass is 10.1. The van der Waals surface area contributed by atoms with Crippen molar-refractivity contribution in [3.05, 3.63) is 0 Å². The predicted molar refractivity (Wildman–Crippen MR) is 67.2 cm³/mol. The minimum atomic E-state index is -0.897. The SMILES string of the molecule is CC(=O)N1CCN(C(=O)[C@H]2[C@H](C(=O)O)C2(C)C)CC1. The summed E-state index contributed by atoms with van der Waals surface area (Å²) in [5.41, 5.74) is -0.458. The summed E-state index contributed by atoms with van der Waals surface area (Å²) < 4.78 is 0. The molecule has 0 aromatic carbocycles. The van der Waals surface area contributed by atoms with E-state index in [0.717, 1.165) is 0 Å².